The van der Waals surface area contributed by atoms with Crippen LogP contribution in [0.4, 0.5) is 0 Å². The van der Waals surface area contributed by atoms with Crippen LogP contribution >= 0.6 is 0 Å². The molecule has 0 bridgehead atoms. The molecule has 6 unspecified atom stereocenters. The maximum absolute atomic E-state index is 10.1. The van der Waals surface area contributed by atoms with Gasteiger partial charge in [-0.15, -0.1) is 0 Å². The Hall–Kier alpha value is -0.440. The summed E-state index contributed by atoms with van der Waals surface area (Å²) >= 11 is 0. The monoisotopic (exact) mass is 356 g/mol. The molecular formula is C13H24O11. The van der Waals surface area contributed by atoms with Crippen molar-refractivity contribution in [1.29, 1.82) is 0 Å². The van der Waals surface area contributed by atoms with Gasteiger partial charge in [0.2, 0.25) is 0 Å². The van der Waals surface area contributed by atoms with Crippen LogP contribution in [0.5, 0.6) is 0 Å². The van der Waals surface area contributed by atoms with E-state index < -0.39 is 74.6 Å². The number of aliphatic hydroxyl groups excluding tert-OH is 7. The molecule has 7 N–H and O–H groups in total. The predicted octanol–water partition coefficient (Wildman–Crippen LogP) is -4.74. The van der Waals surface area contributed by atoms with Gasteiger partial charge in [0.15, 0.2) is 12.6 Å². The lowest BCUT2D eigenvalue weighted by Gasteiger charge is -2.45. The first kappa shape index (κ1) is 19.9. The molecule has 0 spiro atoms. The predicted molar refractivity (Wildman–Crippen MR) is 73.4 cm³/mol. The molecule has 2 rings (SSSR count). The maximum atomic E-state index is 10.1. The molecule has 0 aromatic carbocycles. The van der Waals surface area contributed by atoms with Crippen LogP contribution in [0.2, 0.25) is 0 Å². The number of ether oxygens (including phenoxy) is 4. The van der Waals surface area contributed by atoms with Crippen LogP contribution in [0.3, 0.4) is 0 Å². The summed E-state index contributed by atoms with van der Waals surface area (Å²) < 4.78 is 20.6. The highest BCUT2D eigenvalue weighted by molar-refractivity contribution is 4.94. The molecule has 2 heterocycles. The van der Waals surface area contributed by atoms with E-state index in [2.05, 4.69) is 0 Å². The summed E-state index contributed by atoms with van der Waals surface area (Å²) in [5, 5.41) is 67.8. The second-order valence-corrected chi connectivity index (χ2v) is 5.74. The second kappa shape index (κ2) is 8.29. The van der Waals surface area contributed by atoms with Crippen molar-refractivity contribution in [2.24, 2.45) is 0 Å². The molecule has 0 aromatic heterocycles. The van der Waals surface area contributed by atoms with E-state index in [0.717, 1.165) is 0 Å². The molecule has 10 atom stereocenters. The van der Waals surface area contributed by atoms with Crippen LogP contribution in [-0.2, 0) is 18.9 Å². The van der Waals surface area contributed by atoms with Gasteiger partial charge in [-0.3, -0.25) is 0 Å². The average Bonchev–Trinajstić information content (AvgIpc) is 2.58. The molecule has 2 fully saturated rings. The maximum Gasteiger partial charge on any atom is 0.187 e. The largest absolute Gasteiger partial charge is 0.394 e. The molecule has 142 valence electrons. The molecule has 0 amide bonds. The molecule has 11 heteroatoms. The van der Waals surface area contributed by atoms with Crippen LogP contribution in [0.1, 0.15) is 0 Å². The second-order valence-electron chi connectivity index (χ2n) is 5.74. The summed E-state index contributed by atoms with van der Waals surface area (Å²) in [7, 11) is 1.27. The first-order valence-electron chi connectivity index (χ1n) is 7.46. The molecule has 2 aliphatic heterocycles. The molecule has 0 aliphatic carbocycles. The van der Waals surface area contributed by atoms with E-state index in [1.165, 1.54) is 7.11 Å². The fourth-order valence-electron chi connectivity index (χ4n) is 2.85. The zero-order chi connectivity index (χ0) is 18.0. The lowest BCUT2D eigenvalue weighted by Crippen LogP contribution is -2.64. The SMILES string of the molecule is CO[C@@H]1C(CO)O[C@H](O[C@@H]2C(CO)O[C@H](O)C(O)C2O)C(O)C1O. The average molecular weight is 356 g/mol. The Morgan fingerprint density at radius 2 is 1.29 bits per heavy atom. The number of methoxy groups -OCH3 is 1. The van der Waals surface area contributed by atoms with E-state index in [-0.39, 0.29) is 0 Å². The Kier molecular flexibility index (Phi) is 6.87. The van der Waals surface area contributed by atoms with E-state index in [1.807, 2.05) is 0 Å². The molecule has 11 nitrogen and oxygen atoms in total. The normalized spacial score (nSPS) is 50.0. The van der Waals surface area contributed by atoms with Crippen LogP contribution in [0.25, 0.3) is 0 Å². The van der Waals surface area contributed by atoms with Gasteiger partial charge in [-0.1, -0.05) is 0 Å². The minimum absolute atomic E-state index is 0.531. The summed E-state index contributed by atoms with van der Waals surface area (Å²) in [6.07, 6.45) is -14.2. The first-order chi connectivity index (χ1) is 11.3. The van der Waals surface area contributed by atoms with Gasteiger partial charge in [0.05, 0.1) is 13.2 Å². The van der Waals surface area contributed by atoms with Gasteiger partial charge in [0.25, 0.3) is 0 Å². The highest BCUT2D eigenvalue weighted by atomic mass is 16.7. The molecule has 0 radical (unpaired) electrons. The van der Waals surface area contributed by atoms with E-state index in [9.17, 15) is 35.7 Å². The standard InChI is InChI=1S/C13H24O11/c1-21-10-4(2-14)23-13(9(19)7(10)17)24-11-5(3-15)22-12(20)8(18)6(11)16/h4-20H,2-3H2,1H3/t4?,5?,6?,7?,8?,9?,10-,11-,12+,13-/m1/s1. The first-order valence-corrected chi connectivity index (χ1v) is 7.46. The Balaban J connectivity index is 2.12. The minimum atomic E-state index is -1.72. The molecular weight excluding hydrogens is 332 g/mol. The van der Waals surface area contributed by atoms with Crippen LogP contribution in [0, 0.1) is 0 Å². The highest BCUT2D eigenvalue weighted by Crippen LogP contribution is 2.29. The van der Waals surface area contributed by atoms with Gasteiger partial charge in [0.1, 0.15) is 48.8 Å². The van der Waals surface area contributed by atoms with Crippen LogP contribution in [-0.4, -0.2) is 117 Å². The lowest BCUT2D eigenvalue weighted by molar-refractivity contribution is -0.356. The van der Waals surface area contributed by atoms with E-state index >= 15 is 0 Å². The van der Waals surface area contributed by atoms with Crippen molar-refractivity contribution in [3.8, 4) is 0 Å². The quantitative estimate of drug-likeness (QED) is 0.251. The minimum Gasteiger partial charge on any atom is -0.394 e. The number of rotatable bonds is 5. The van der Waals surface area contributed by atoms with Crippen molar-refractivity contribution < 1.29 is 54.7 Å². The summed E-state index contributed by atoms with van der Waals surface area (Å²) in [5.41, 5.74) is 0. The van der Waals surface area contributed by atoms with Crippen molar-refractivity contribution in [3.05, 3.63) is 0 Å². The number of aliphatic hydroxyl groups is 7. The summed E-state index contributed by atoms with van der Waals surface area (Å²) in [4.78, 5) is 0. The Morgan fingerprint density at radius 1 is 0.750 bits per heavy atom. The third kappa shape index (κ3) is 3.71. The van der Waals surface area contributed by atoms with Crippen molar-refractivity contribution >= 4 is 0 Å². The van der Waals surface area contributed by atoms with Crippen molar-refractivity contribution in [2.75, 3.05) is 20.3 Å². The van der Waals surface area contributed by atoms with Gasteiger partial charge < -0.3 is 54.7 Å². The molecule has 0 aromatic rings. The fourth-order valence-corrected chi connectivity index (χ4v) is 2.85. The van der Waals surface area contributed by atoms with Crippen molar-refractivity contribution in [3.63, 3.8) is 0 Å². The van der Waals surface area contributed by atoms with Gasteiger partial charge >= 0.3 is 0 Å². The van der Waals surface area contributed by atoms with E-state index in [4.69, 9.17) is 18.9 Å². The zero-order valence-corrected chi connectivity index (χ0v) is 13.0. The van der Waals surface area contributed by atoms with E-state index in [1.54, 1.807) is 0 Å². The topological polar surface area (TPSA) is 179 Å². The fraction of sp³-hybridized carbons (Fsp3) is 1.00. The molecule has 24 heavy (non-hydrogen) atoms. The third-order valence-electron chi connectivity index (χ3n) is 4.22. The van der Waals surface area contributed by atoms with Gasteiger partial charge in [-0.25, -0.2) is 0 Å². The number of hydrogen-bond acceptors (Lipinski definition) is 11. The number of hydrogen-bond donors (Lipinski definition) is 7. The highest BCUT2D eigenvalue weighted by Gasteiger charge is 2.50. The van der Waals surface area contributed by atoms with Gasteiger partial charge in [-0.2, -0.15) is 0 Å². The van der Waals surface area contributed by atoms with Crippen molar-refractivity contribution in [1.82, 2.24) is 0 Å². The zero-order valence-electron chi connectivity index (χ0n) is 13.0. The summed E-state index contributed by atoms with van der Waals surface area (Å²) in [6, 6.07) is 0. The molecule has 2 aliphatic rings. The third-order valence-corrected chi connectivity index (χ3v) is 4.22. The van der Waals surface area contributed by atoms with Gasteiger partial charge in [0, 0.05) is 7.11 Å². The Bertz CT molecular complexity index is 392. The Labute approximate surface area is 137 Å². The Morgan fingerprint density at radius 3 is 1.83 bits per heavy atom. The lowest BCUT2D eigenvalue weighted by atomic mass is 9.97. The van der Waals surface area contributed by atoms with E-state index in [0.29, 0.717) is 0 Å². The molecule has 0 saturated carbocycles. The van der Waals surface area contributed by atoms with Gasteiger partial charge in [-0.05, 0) is 0 Å². The summed E-state index contributed by atoms with van der Waals surface area (Å²) in [5.74, 6) is 0. The van der Waals surface area contributed by atoms with Crippen molar-refractivity contribution in [2.45, 2.75) is 61.4 Å². The summed E-state index contributed by atoms with van der Waals surface area (Å²) in [6.45, 7) is -1.18. The molecule has 2 saturated heterocycles. The smallest absolute Gasteiger partial charge is 0.187 e. The van der Waals surface area contributed by atoms with Crippen LogP contribution in [0.15, 0.2) is 0 Å². The van der Waals surface area contributed by atoms with Crippen LogP contribution < -0.4 is 0 Å².